The van der Waals surface area contributed by atoms with E-state index in [0.717, 1.165) is 0 Å². The van der Waals surface area contributed by atoms with Crippen LogP contribution in [-0.2, 0) is 9.59 Å². The van der Waals surface area contributed by atoms with Crippen molar-refractivity contribution in [2.45, 2.75) is 25.9 Å². The summed E-state index contributed by atoms with van der Waals surface area (Å²) in [5.41, 5.74) is 4.74. The molecule has 1 aliphatic rings. The summed E-state index contributed by atoms with van der Waals surface area (Å²) < 4.78 is 22.2. The van der Waals surface area contributed by atoms with Gasteiger partial charge in [0.15, 0.2) is 23.0 Å². The highest BCUT2D eigenvalue weighted by Gasteiger charge is 2.27. The molecule has 2 N–H and O–H groups in total. The molecule has 1 aliphatic heterocycles. The fourth-order valence-electron chi connectivity index (χ4n) is 2.68. The van der Waals surface area contributed by atoms with Gasteiger partial charge < -0.3 is 18.9 Å². The molecule has 154 valence electrons. The summed E-state index contributed by atoms with van der Waals surface area (Å²) >= 11 is 0. The number of nitrogens with one attached hydrogen (secondary N) is 2. The van der Waals surface area contributed by atoms with E-state index >= 15 is 0 Å². The van der Waals surface area contributed by atoms with Gasteiger partial charge in [0, 0.05) is 6.42 Å². The van der Waals surface area contributed by atoms with Crippen LogP contribution in [0.5, 0.6) is 23.0 Å². The number of amides is 2. The molecule has 2 amide bonds. The Morgan fingerprint density at radius 1 is 1.00 bits per heavy atom. The molecule has 1 heterocycles. The fourth-order valence-corrected chi connectivity index (χ4v) is 2.68. The second-order valence-corrected chi connectivity index (χ2v) is 6.23. The van der Waals surface area contributed by atoms with Crippen LogP contribution in [0.3, 0.4) is 0 Å². The van der Waals surface area contributed by atoms with Gasteiger partial charge in [0.1, 0.15) is 6.61 Å². The monoisotopic (exact) mass is 400 g/mol. The zero-order chi connectivity index (χ0) is 20.5. The lowest BCUT2D eigenvalue weighted by molar-refractivity contribution is -0.135. The van der Waals surface area contributed by atoms with Gasteiger partial charge in [-0.1, -0.05) is 24.3 Å². The second-order valence-electron chi connectivity index (χ2n) is 6.23. The average molecular weight is 400 g/mol. The number of carbonyl (C=O) groups is 2. The first kappa shape index (κ1) is 20.3. The van der Waals surface area contributed by atoms with Crippen molar-refractivity contribution >= 4 is 11.8 Å². The van der Waals surface area contributed by atoms with E-state index in [9.17, 15) is 9.59 Å². The minimum Gasteiger partial charge on any atom is -0.490 e. The van der Waals surface area contributed by atoms with Crippen molar-refractivity contribution in [3.05, 3.63) is 48.5 Å². The van der Waals surface area contributed by atoms with Crippen molar-refractivity contribution in [2.75, 3.05) is 19.8 Å². The number of benzene rings is 2. The Labute approximate surface area is 169 Å². The molecule has 1 unspecified atom stereocenters. The minimum absolute atomic E-state index is 0.0752. The number of carbonyl (C=O) groups excluding carboxylic acids is 2. The van der Waals surface area contributed by atoms with Crippen molar-refractivity contribution < 1.29 is 28.5 Å². The summed E-state index contributed by atoms with van der Waals surface area (Å²) in [6.45, 7) is 2.87. The molecule has 0 saturated carbocycles. The Morgan fingerprint density at radius 3 is 2.45 bits per heavy atom. The van der Waals surface area contributed by atoms with Crippen LogP contribution in [-0.4, -0.2) is 37.7 Å². The van der Waals surface area contributed by atoms with Gasteiger partial charge in [-0.2, -0.15) is 0 Å². The lowest BCUT2D eigenvalue weighted by Crippen LogP contribution is -2.50. The Hall–Kier alpha value is -3.42. The van der Waals surface area contributed by atoms with Crippen molar-refractivity contribution in [1.82, 2.24) is 10.9 Å². The number of fused-ring (bicyclic) bond motifs is 1. The van der Waals surface area contributed by atoms with Gasteiger partial charge in [0.25, 0.3) is 5.91 Å². The topological polar surface area (TPSA) is 95.1 Å². The van der Waals surface area contributed by atoms with Gasteiger partial charge in [0.05, 0.1) is 13.2 Å². The molecule has 3 rings (SSSR count). The van der Waals surface area contributed by atoms with E-state index in [1.54, 1.807) is 18.2 Å². The van der Waals surface area contributed by atoms with Crippen LogP contribution in [0.25, 0.3) is 0 Å². The maximum Gasteiger partial charge on any atom is 0.283 e. The summed E-state index contributed by atoms with van der Waals surface area (Å²) in [6, 6.07) is 14.5. The molecule has 0 fully saturated rings. The lowest BCUT2D eigenvalue weighted by atomic mass is 10.2. The third-order valence-electron chi connectivity index (χ3n) is 4.08. The van der Waals surface area contributed by atoms with Gasteiger partial charge in [-0.25, -0.2) is 0 Å². The van der Waals surface area contributed by atoms with Crippen LogP contribution in [0.2, 0.25) is 0 Å². The van der Waals surface area contributed by atoms with Gasteiger partial charge in [0.2, 0.25) is 12.0 Å². The standard InChI is InChI=1S/C21H24N2O6/c1-2-26-15-8-3-4-9-16(15)27-13-7-12-20(24)22-23-21(25)19-14-28-17-10-5-6-11-18(17)29-19/h3-6,8-11,19H,2,7,12-14H2,1H3,(H,22,24)(H,23,25). The van der Waals surface area contributed by atoms with E-state index in [2.05, 4.69) is 10.9 Å². The molecule has 29 heavy (non-hydrogen) atoms. The van der Waals surface area contributed by atoms with E-state index in [1.807, 2.05) is 37.3 Å². The molecule has 0 aliphatic carbocycles. The van der Waals surface area contributed by atoms with Gasteiger partial charge >= 0.3 is 0 Å². The van der Waals surface area contributed by atoms with E-state index < -0.39 is 12.0 Å². The first-order valence-electron chi connectivity index (χ1n) is 9.49. The molecular formula is C21H24N2O6. The van der Waals surface area contributed by atoms with Gasteiger partial charge in [-0.3, -0.25) is 20.4 Å². The maximum atomic E-state index is 12.2. The fraction of sp³-hybridized carbons (Fsp3) is 0.333. The third-order valence-corrected chi connectivity index (χ3v) is 4.08. The van der Waals surface area contributed by atoms with E-state index in [4.69, 9.17) is 18.9 Å². The summed E-state index contributed by atoms with van der Waals surface area (Å²) in [5.74, 6) is 1.59. The quantitative estimate of drug-likeness (QED) is 0.521. The first-order valence-corrected chi connectivity index (χ1v) is 9.49. The number of hydrazine groups is 1. The summed E-state index contributed by atoms with van der Waals surface area (Å²) in [7, 11) is 0. The number of para-hydroxylation sites is 4. The van der Waals surface area contributed by atoms with Crippen molar-refractivity contribution in [2.24, 2.45) is 0 Å². The van der Waals surface area contributed by atoms with Crippen molar-refractivity contribution in [3.63, 3.8) is 0 Å². The number of rotatable bonds is 8. The van der Waals surface area contributed by atoms with Crippen LogP contribution >= 0.6 is 0 Å². The highest BCUT2D eigenvalue weighted by molar-refractivity contribution is 5.85. The molecule has 8 nitrogen and oxygen atoms in total. The zero-order valence-electron chi connectivity index (χ0n) is 16.2. The van der Waals surface area contributed by atoms with Crippen LogP contribution in [0.15, 0.2) is 48.5 Å². The highest BCUT2D eigenvalue weighted by Crippen LogP contribution is 2.30. The normalized spacial score (nSPS) is 14.6. The predicted octanol–water partition coefficient (Wildman–Crippen LogP) is 2.23. The maximum absolute atomic E-state index is 12.2. The lowest BCUT2D eigenvalue weighted by Gasteiger charge is -2.25. The minimum atomic E-state index is -0.830. The molecule has 1 atom stereocenters. The van der Waals surface area contributed by atoms with Gasteiger partial charge in [-0.15, -0.1) is 0 Å². The van der Waals surface area contributed by atoms with E-state index in [0.29, 0.717) is 42.6 Å². The summed E-state index contributed by atoms with van der Waals surface area (Å²) in [6.07, 6.45) is -0.149. The Bertz CT molecular complexity index is 841. The highest BCUT2D eigenvalue weighted by atomic mass is 16.6. The zero-order valence-corrected chi connectivity index (χ0v) is 16.2. The van der Waals surface area contributed by atoms with Gasteiger partial charge in [-0.05, 0) is 37.6 Å². The molecule has 0 saturated heterocycles. The predicted molar refractivity (Wildman–Crippen MR) is 105 cm³/mol. The molecule has 0 aromatic heterocycles. The second kappa shape index (κ2) is 10.2. The van der Waals surface area contributed by atoms with Crippen molar-refractivity contribution in [1.29, 1.82) is 0 Å². The molecule has 0 spiro atoms. The smallest absolute Gasteiger partial charge is 0.283 e. The Kier molecular flexibility index (Phi) is 7.16. The number of ether oxygens (including phenoxy) is 4. The van der Waals surface area contributed by atoms with Crippen LogP contribution in [0.4, 0.5) is 0 Å². The van der Waals surface area contributed by atoms with Crippen LogP contribution in [0.1, 0.15) is 19.8 Å². The molecule has 0 bridgehead atoms. The third kappa shape index (κ3) is 5.78. The largest absolute Gasteiger partial charge is 0.490 e. The Morgan fingerprint density at radius 2 is 1.69 bits per heavy atom. The van der Waals surface area contributed by atoms with E-state index in [1.165, 1.54) is 0 Å². The van der Waals surface area contributed by atoms with Crippen LogP contribution in [0, 0.1) is 0 Å². The molecule has 2 aromatic rings. The molecular weight excluding hydrogens is 376 g/mol. The SMILES string of the molecule is CCOc1ccccc1OCCCC(=O)NNC(=O)C1COc2ccccc2O1. The Balaban J connectivity index is 1.35. The average Bonchev–Trinajstić information content (AvgIpc) is 2.76. The first-order chi connectivity index (χ1) is 14.2. The molecule has 2 aromatic carbocycles. The number of hydrogen-bond acceptors (Lipinski definition) is 6. The summed E-state index contributed by atoms with van der Waals surface area (Å²) in [5, 5.41) is 0. The number of hydrogen-bond donors (Lipinski definition) is 2. The molecule has 0 radical (unpaired) electrons. The van der Waals surface area contributed by atoms with E-state index in [-0.39, 0.29) is 18.9 Å². The van der Waals surface area contributed by atoms with Crippen molar-refractivity contribution in [3.8, 4) is 23.0 Å². The van der Waals surface area contributed by atoms with Crippen LogP contribution < -0.4 is 29.8 Å². The molecule has 8 heteroatoms. The summed E-state index contributed by atoms with van der Waals surface area (Å²) in [4.78, 5) is 24.1.